The summed E-state index contributed by atoms with van der Waals surface area (Å²) >= 11 is 0. The number of carbonyl (C=O) groups excluding carboxylic acids is 2. The Hall–Kier alpha value is -2.13. The number of anilines is 2. The Morgan fingerprint density at radius 2 is 1.96 bits per heavy atom. The molecule has 2 heterocycles. The van der Waals surface area contributed by atoms with E-state index in [1.807, 2.05) is 18.7 Å². The lowest BCUT2D eigenvalue weighted by atomic mass is 9.96. The fourth-order valence-electron chi connectivity index (χ4n) is 3.78. The minimum atomic E-state index is -3.65. The third kappa shape index (κ3) is 3.73. The molecule has 2 amide bonds. The summed E-state index contributed by atoms with van der Waals surface area (Å²) in [6.07, 6.45) is 2.68. The maximum atomic E-state index is 13.2. The number of nitrogens with zero attached hydrogens (tertiary/aromatic N) is 3. The van der Waals surface area contributed by atoms with E-state index in [0.29, 0.717) is 5.69 Å². The lowest BCUT2D eigenvalue weighted by Gasteiger charge is -2.45. The van der Waals surface area contributed by atoms with Crippen molar-refractivity contribution >= 4 is 33.2 Å². The van der Waals surface area contributed by atoms with E-state index in [0.717, 1.165) is 35.8 Å². The molecule has 2 aliphatic heterocycles. The summed E-state index contributed by atoms with van der Waals surface area (Å²) in [4.78, 5) is 29.2. The Morgan fingerprint density at radius 3 is 2.61 bits per heavy atom. The number of nitrogens with one attached hydrogen (secondary N) is 1. The molecule has 1 N–H and O–H groups in total. The highest BCUT2D eigenvalue weighted by Gasteiger charge is 2.40. The first kappa shape index (κ1) is 20.6. The van der Waals surface area contributed by atoms with E-state index in [1.54, 1.807) is 12.1 Å². The van der Waals surface area contributed by atoms with E-state index < -0.39 is 10.0 Å². The molecule has 1 aromatic rings. The molecule has 1 atom stereocenters. The molecule has 0 aromatic heterocycles. The number of piperidine rings is 1. The predicted molar refractivity (Wildman–Crippen MR) is 108 cm³/mol. The molecule has 0 unspecified atom stereocenters. The second-order valence-corrected chi connectivity index (χ2v) is 9.94. The van der Waals surface area contributed by atoms with Gasteiger partial charge in [-0.2, -0.15) is 0 Å². The van der Waals surface area contributed by atoms with Crippen molar-refractivity contribution in [3.05, 3.63) is 18.2 Å². The van der Waals surface area contributed by atoms with Crippen LogP contribution >= 0.6 is 0 Å². The van der Waals surface area contributed by atoms with Gasteiger partial charge in [-0.05, 0) is 51.3 Å². The van der Waals surface area contributed by atoms with E-state index in [9.17, 15) is 18.0 Å². The van der Waals surface area contributed by atoms with Gasteiger partial charge in [0.05, 0.1) is 16.3 Å². The molecule has 1 aromatic carbocycles. The lowest BCUT2D eigenvalue weighted by molar-refractivity contribution is -0.125. The maximum Gasteiger partial charge on any atom is 0.250 e. The van der Waals surface area contributed by atoms with Crippen molar-refractivity contribution < 1.29 is 18.0 Å². The summed E-state index contributed by atoms with van der Waals surface area (Å²) in [5.41, 5.74) is 1.28. The van der Waals surface area contributed by atoms with Crippen molar-refractivity contribution in [2.45, 2.75) is 50.1 Å². The zero-order valence-electron chi connectivity index (χ0n) is 16.8. The second-order valence-electron chi connectivity index (χ2n) is 7.79. The minimum Gasteiger partial charge on any atom is -0.358 e. The summed E-state index contributed by atoms with van der Waals surface area (Å²) in [5, 5.41) is 2.80. The van der Waals surface area contributed by atoms with E-state index in [4.69, 9.17) is 0 Å². The van der Waals surface area contributed by atoms with E-state index >= 15 is 0 Å². The molecule has 0 saturated carbocycles. The van der Waals surface area contributed by atoms with E-state index in [2.05, 4.69) is 5.32 Å². The van der Waals surface area contributed by atoms with Crippen LogP contribution in [0.3, 0.4) is 0 Å². The van der Waals surface area contributed by atoms with Crippen molar-refractivity contribution in [3.63, 3.8) is 0 Å². The monoisotopic (exact) mass is 408 g/mol. The Labute approximate surface area is 166 Å². The van der Waals surface area contributed by atoms with Crippen LogP contribution in [0, 0.1) is 0 Å². The first-order valence-electron chi connectivity index (χ1n) is 9.57. The van der Waals surface area contributed by atoms with Crippen LogP contribution < -0.4 is 15.1 Å². The smallest absolute Gasteiger partial charge is 0.250 e. The largest absolute Gasteiger partial charge is 0.358 e. The molecule has 1 saturated heterocycles. The number of hydrogen-bond donors (Lipinski definition) is 1. The quantitative estimate of drug-likeness (QED) is 0.790. The number of benzene rings is 1. The van der Waals surface area contributed by atoms with Crippen molar-refractivity contribution in [1.29, 1.82) is 0 Å². The molecule has 3 rings (SSSR count). The summed E-state index contributed by atoms with van der Waals surface area (Å²) in [5.74, 6) is -0.412. The number of fused-ring (bicyclic) bond motifs is 3. The highest BCUT2D eigenvalue weighted by atomic mass is 32.2. The van der Waals surface area contributed by atoms with Gasteiger partial charge < -0.3 is 10.2 Å². The van der Waals surface area contributed by atoms with Crippen LogP contribution in [0.4, 0.5) is 11.4 Å². The normalized spacial score (nSPS) is 19.6. The Balaban J connectivity index is 2.07. The first-order valence-corrected chi connectivity index (χ1v) is 11.0. The van der Waals surface area contributed by atoms with Crippen LogP contribution in [0.15, 0.2) is 23.1 Å². The summed E-state index contributed by atoms with van der Waals surface area (Å²) in [6, 6.07) is 4.49. The van der Waals surface area contributed by atoms with Gasteiger partial charge in [-0.25, -0.2) is 12.7 Å². The molecule has 0 radical (unpaired) electrons. The van der Waals surface area contributed by atoms with E-state index in [1.165, 1.54) is 25.1 Å². The van der Waals surface area contributed by atoms with Gasteiger partial charge in [0.2, 0.25) is 21.8 Å². The fourth-order valence-corrected chi connectivity index (χ4v) is 4.71. The van der Waals surface area contributed by atoms with Crippen LogP contribution in [-0.2, 0) is 19.6 Å². The third-order valence-electron chi connectivity index (χ3n) is 5.13. The predicted octanol–water partition coefficient (Wildman–Crippen LogP) is 1.17. The van der Waals surface area contributed by atoms with Crippen molar-refractivity contribution in [1.82, 2.24) is 9.62 Å². The number of carbonyl (C=O) groups is 2. The minimum absolute atomic E-state index is 0.0431. The van der Waals surface area contributed by atoms with Crippen LogP contribution in [0.5, 0.6) is 0 Å². The lowest BCUT2D eigenvalue weighted by Crippen LogP contribution is -2.57. The average Bonchev–Trinajstić information content (AvgIpc) is 2.64. The van der Waals surface area contributed by atoms with Crippen LogP contribution in [-0.4, -0.2) is 63.8 Å². The Morgan fingerprint density at radius 1 is 1.25 bits per heavy atom. The fraction of sp³-hybridized carbons (Fsp3) is 0.579. The Bertz CT molecular complexity index is 882. The van der Waals surface area contributed by atoms with Crippen molar-refractivity contribution in [3.8, 4) is 0 Å². The maximum absolute atomic E-state index is 13.2. The SMILES string of the molecule is CC(C)NC(=O)CN1C(=O)[C@@H]2CCCCN2c2ccc(S(=O)(=O)N(C)C)cc21. The molecule has 2 aliphatic rings. The number of sulfonamides is 1. The van der Waals surface area contributed by atoms with Gasteiger partial charge >= 0.3 is 0 Å². The molecular weight excluding hydrogens is 380 g/mol. The van der Waals surface area contributed by atoms with Gasteiger partial charge in [0.25, 0.3) is 0 Å². The number of amides is 2. The van der Waals surface area contributed by atoms with Crippen molar-refractivity contribution in [2.75, 3.05) is 37.0 Å². The van der Waals surface area contributed by atoms with Crippen LogP contribution in [0.2, 0.25) is 0 Å². The van der Waals surface area contributed by atoms with Crippen LogP contribution in [0.25, 0.3) is 0 Å². The highest BCUT2D eigenvalue weighted by molar-refractivity contribution is 7.89. The molecule has 28 heavy (non-hydrogen) atoms. The van der Waals surface area contributed by atoms with Gasteiger partial charge in [0, 0.05) is 26.7 Å². The van der Waals surface area contributed by atoms with E-state index in [-0.39, 0.29) is 35.3 Å². The standard InChI is InChI=1S/C19H28N4O4S/c1-13(2)20-18(24)12-23-17-11-14(28(26,27)21(3)4)8-9-15(17)22-10-6-5-7-16(22)19(23)25/h8-9,11,13,16H,5-7,10,12H2,1-4H3,(H,20,24)/t16-/m0/s1. The van der Waals surface area contributed by atoms with Gasteiger partial charge in [-0.3, -0.25) is 14.5 Å². The van der Waals surface area contributed by atoms with Gasteiger partial charge in [-0.15, -0.1) is 0 Å². The van der Waals surface area contributed by atoms with Gasteiger partial charge in [-0.1, -0.05) is 0 Å². The summed E-state index contributed by atoms with van der Waals surface area (Å²) in [7, 11) is -0.718. The zero-order valence-corrected chi connectivity index (χ0v) is 17.6. The molecule has 0 bridgehead atoms. The van der Waals surface area contributed by atoms with Crippen molar-refractivity contribution in [2.24, 2.45) is 0 Å². The molecule has 154 valence electrons. The molecule has 0 aliphatic carbocycles. The number of hydrogen-bond acceptors (Lipinski definition) is 5. The molecular formula is C19H28N4O4S. The molecule has 1 fully saturated rings. The topological polar surface area (TPSA) is 90.0 Å². The molecule has 9 heteroatoms. The highest BCUT2D eigenvalue weighted by Crippen LogP contribution is 2.40. The zero-order chi connectivity index (χ0) is 20.6. The molecule has 8 nitrogen and oxygen atoms in total. The molecule has 0 spiro atoms. The third-order valence-corrected chi connectivity index (χ3v) is 6.94. The summed E-state index contributed by atoms with van der Waals surface area (Å²) < 4.78 is 26.3. The average molecular weight is 409 g/mol. The summed E-state index contributed by atoms with van der Waals surface area (Å²) in [6.45, 7) is 4.33. The first-order chi connectivity index (χ1) is 13.1. The van der Waals surface area contributed by atoms with Crippen LogP contribution in [0.1, 0.15) is 33.1 Å². The van der Waals surface area contributed by atoms with Gasteiger partial charge in [0.1, 0.15) is 12.6 Å². The van der Waals surface area contributed by atoms with Gasteiger partial charge in [0.15, 0.2) is 0 Å². The Kier molecular flexibility index (Phi) is 5.67. The number of rotatable bonds is 5. The second kappa shape index (κ2) is 7.71.